The minimum atomic E-state index is -0.736. The summed E-state index contributed by atoms with van der Waals surface area (Å²) in [5.74, 6) is 0.212. The second-order valence-electron chi connectivity index (χ2n) is 3.73. The Kier molecular flexibility index (Phi) is 4.88. The molecular formula is C9H17N5O2S. The summed E-state index contributed by atoms with van der Waals surface area (Å²) in [6, 6.07) is 0. The van der Waals surface area contributed by atoms with Gasteiger partial charge in [-0.05, 0) is 23.9 Å². The molecule has 0 saturated carbocycles. The van der Waals surface area contributed by atoms with Crippen LogP contribution in [0.4, 0.5) is 0 Å². The maximum absolute atomic E-state index is 11.7. The minimum absolute atomic E-state index is 0.290. The van der Waals surface area contributed by atoms with Gasteiger partial charge in [0.2, 0.25) is 5.16 Å². The number of hydrogen-bond donors (Lipinski definition) is 1. The van der Waals surface area contributed by atoms with Crippen molar-refractivity contribution in [3.8, 4) is 0 Å². The minimum Gasteiger partial charge on any atom is -0.468 e. The van der Waals surface area contributed by atoms with Crippen molar-refractivity contribution in [1.29, 1.82) is 0 Å². The number of likely N-dealkylation sites (N-methyl/N-ethyl adjacent to an activating group) is 1. The highest BCUT2D eigenvalue weighted by molar-refractivity contribution is 7.99. The van der Waals surface area contributed by atoms with E-state index < -0.39 is 5.54 Å². The number of carbonyl (C=O) groups excluding carboxylic acids is 1. The van der Waals surface area contributed by atoms with Crippen LogP contribution in [0.15, 0.2) is 5.16 Å². The van der Waals surface area contributed by atoms with Gasteiger partial charge in [0.05, 0.1) is 7.11 Å². The van der Waals surface area contributed by atoms with Crippen LogP contribution in [0.5, 0.6) is 0 Å². The van der Waals surface area contributed by atoms with E-state index in [0.717, 1.165) is 0 Å². The molecule has 0 aliphatic heterocycles. The first-order chi connectivity index (χ1) is 8.03. The van der Waals surface area contributed by atoms with Gasteiger partial charge < -0.3 is 10.1 Å². The molecule has 0 saturated heterocycles. The molecular weight excluding hydrogens is 242 g/mol. The molecule has 1 heterocycles. The summed E-state index contributed by atoms with van der Waals surface area (Å²) >= 11 is 1.41. The predicted octanol–water partition coefficient (Wildman–Crippen LogP) is -0.157. The van der Waals surface area contributed by atoms with Crippen molar-refractivity contribution >= 4 is 17.7 Å². The van der Waals surface area contributed by atoms with E-state index in [9.17, 15) is 4.79 Å². The average molecular weight is 259 g/mol. The van der Waals surface area contributed by atoms with Gasteiger partial charge in [0, 0.05) is 12.8 Å². The van der Waals surface area contributed by atoms with Gasteiger partial charge in [0.15, 0.2) is 0 Å². The van der Waals surface area contributed by atoms with Gasteiger partial charge >= 0.3 is 5.97 Å². The number of methoxy groups -OCH3 is 1. The lowest BCUT2D eigenvalue weighted by atomic mass is 10.1. The van der Waals surface area contributed by atoms with Crippen LogP contribution in [0.3, 0.4) is 0 Å². The van der Waals surface area contributed by atoms with Crippen LogP contribution in [0.25, 0.3) is 0 Å². The van der Waals surface area contributed by atoms with Crippen molar-refractivity contribution in [1.82, 2.24) is 25.5 Å². The van der Waals surface area contributed by atoms with Crippen molar-refractivity contribution < 1.29 is 9.53 Å². The molecule has 0 radical (unpaired) electrons. The summed E-state index contributed by atoms with van der Waals surface area (Å²) in [7, 11) is 3.14. The summed E-state index contributed by atoms with van der Waals surface area (Å²) < 4.78 is 6.36. The highest BCUT2D eigenvalue weighted by Crippen LogP contribution is 2.20. The standard InChI is InChI=1S/C9H17N5O2S/c1-5-10-9(2,7(15)16-4)6-17-8-11-12-13-14(8)3/h10H,5-6H2,1-4H3. The first kappa shape index (κ1) is 13.9. The maximum atomic E-state index is 11.7. The number of hydrogen-bond acceptors (Lipinski definition) is 7. The largest absolute Gasteiger partial charge is 0.468 e. The Hall–Kier alpha value is -1.15. The van der Waals surface area contributed by atoms with Gasteiger partial charge in [-0.3, -0.25) is 4.79 Å². The molecule has 0 bridgehead atoms. The normalized spacial score (nSPS) is 14.4. The summed E-state index contributed by atoms with van der Waals surface area (Å²) in [5, 5.41) is 14.9. The van der Waals surface area contributed by atoms with Crippen LogP contribution in [-0.2, 0) is 16.6 Å². The van der Waals surface area contributed by atoms with Crippen molar-refractivity contribution in [2.45, 2.75) is 24.5 Å². The molecule has 0 aromatic carbocycles. The highest BCUT2D eigenvalue weighted by Gasteiger charge is 2.34. The Morgan fingerprint density at radius 2 is 2.35 bits per heavy atom. The second kappa shape index (κ2) is 5.97. The lowest BCUT2D eigenvalue weighted by Gasteiger charge is -2.26. The van der Waals surface area contributed by atoms with E-state index in [1.54, 1.807) is 18.7 Å². The van der Waals surface area contributed by atoms with E-state index in [1.165, 1.54) is 18.9 Å². The van der Waals surface area contributed by atoms with E-state index in [-0.39, 0.29) is 5.97 Å². The van der Waals surface area contributed by atoms with Crippen molar-refractivity contribution in [3.05, 3.63) is 0 Å². The fourth-order valence-corrected chi connectivity index (χ4v) is 2.31. The van der Waals surface area contributed by atoms with Crippen LogP contribution >= 0.6 is 11.8 Å². The Balaban J connectivity index is 2.68. The number of nitrogens with zero attached hydrogens (tertiary/aromatic N) is 4. The van der Waals surface area contributed by atoms with Crippen molar-refractivity contribution in [2.75, 3.05) is 19.4 Å². The smallest absolute Gasteiger partial charge is 0.326 e. The molecule has 0 amide bonds. The second-order valence-corrected chi connectivity index (χ2v) is 4.67. The number of nitrogens with one attached hydrogen (secondary N) is 1. The first-order valence-corrected chi connectivity index (χ1v) is 6.20. The SMILES string of the molecule is CCNC(C)(CSc1nnnn1C)C(=O)OC. The lowest BCUT2D eigenvalue weighted by molar-refractivity contribution is -0.146. The summed E-state index contributed by atoms with van der Waals surface area (Å²) in [6.07, 6.45) is 0. The van der Waals surface area contributed by atoms with E-state index >= 15 is 0 Å². The quantitative estimate of drug-likeness (QED) is 0.561. The molecule has 1 unspecified atom stereocenters. The van der Waals surface area contributed by atoms with Crippen LogP contribution in [-0.4, -0.2) is 51.1 Å². The van der Waals surface area contributed by atoms with Crippen LogP contribution < -0.4 is 5.32 Å². The lowest BCUT2D eigenvalue weighted by Crippen LogP contribution is -2.52. The zero-order chi connectivity index (χ0) is 12.9. The Bertz CT molecular complexity index is 383. The molecule has 17 heavy (non-hydrogen) atoms. The molecule has 7 nitrogen and oxygen atoms in total. The van der Waals surface area contributed by atoms with Gasteiger partial charge in [-0.1, -0.05) is 18.7 Å². The third-order valence-electron chi connectivity index (χ3n) is 2.27. The summed E-state index contributed by atoms with van der Waals surface area (Å²) in [6.45, 7) is 4.43. The van der Waals surface area contributed by atoms with Crippen molar-refractivity contribution in [2.24, 2.45) is 7.05 Å². The Morgan fingerprint density at radius 1 is 1.65 bits per heavy atom. The number of thioether (sulfide) groups is 1. The van der Waals surface area contributed by atoms with Gasteiger partial charge in [0.1, 0.15) is 5.54 Å². The predicted molar refractivity (Wildman–Crippen MR) is 63.6 cm³/mol. The molecule has 1 aromatic rings. The number of esters is 1. The zero-order valence-corrected chi connectivity index (χ0v) is 11.2. The highest BCUT2D eigenvalue weighted by atomic mass is 32.2. The molecule has 1 rings (SSSR count). The fourth-order valence-electron chi connectivity index (χ4n) is 1.35. The number of tetrazole rings is 1. The number of rotatable bonds is 6. The van der Waals surface area contributed by atoms with E-state index in [2.05, 4.69) is 20.8 Å². The van der Waals surface area contributed by atoms with Gasteiger partial charge in [-0.25, -0.2) is 4.68 Å². The summed E-state index contributed by atoms with van der Waals surface area (Å²) in [5.41, 5.74) is -0.736. The Labute approximate surface area is 104 Å². The number of aromatic nitrogens is 4. The molecule has 1 N–H and O–H groups in total. The number of aryl methyl sites for hydroxylation is 1. The summed E-state index contributed by atoms with van der Waals surface area (Å²) in [4.78, 5) is 11.7. The van der Waals surface area contributed by atoms with Crippen molar-refractivity contribution in [3.63, 3.8) is 0 Å². The molecule has 0 aliphatic rings. The maximum Gasteiger partial charge on any atom is 0.326 e. The van der Waals surface area contributed by atoms with Crippen LogP contribution in [0, 0.1) is 0 Å². The topological polar surface area (TPSA) is 81.9 Å². The molecule has 96 valence electrons. The zero-order valence-electron chi connectivity index (χ0n) is 10.4. The van der Waals surface area contributed by atoms with Gasteiger partial charge in [-0.2, -0.15) is 0 Å². The van der Waals surface area contributed by atoms with Gasteiger partial charge in [-0.15, -0.1) is 5.10 Å². The number of ether oxygens (including phenoxy) is 1. The van der Waals surface area contributed by atoms with Gasteiger partial charge in [0.25, 0.3) is 0 Å². The molecule has 1 atom stereocenters. The Morgan fingerprint density at radius 3 is 2.82 bits per heavy atom. The monoisotopic (exact) mass is 259 g/mol. The molecule has 1 aromatic heterocycles. The first-order valence-electron chi connectivity index (χ1n) is 5.22. The third-order valence-corrected chi connectivity index (χ3v) is 3.60. The van der Waals surface area contributed by atoms with E-state index in [4.69, 9.17) is 4.74 Å². The third kappa shape index (κ3) is 3.40. The van der Waals surface area contributed by atoms with Crippen LogP contribution in [0.1, 0.15) is 13.8 Å². The molecule has 0 fully saturated rings. The molecule has 8 heteroatoms. The molecule has 0 aliphatic carbocycles. The van der Waals surface area contributed by atoms with Crippen LogP contribution in [0.2, 0.25) is 0 Å². The molecule has 0 spiro atoms. The van der Waals surface area contributed by atoms with E-state index in [1.807, 2.05) is 6.92 Å². The fraction of sp³-hybridized carbons (Fsp3) is 0.778. The number of carbonyl (C=O) groups is 1. The average Bonchev–Trinajstić information content (AvgIpc) is 2.71. The van der Waals surface area contributed by atoms with E-state index in [0.29, 0.717) is 17.5 Å².